The zero-order valence-corrected chi connectivity index (χ0v) is 4.31. The highest BCUT2D eigenvalue weighted by Crippen LogP contribution is 2.06. The number of rotatable bonds is 0. The van der Waals surface area contributed by atoms with Gasteiger partial charge in [0.2, 0.25) is 0 Å². The van der Waals surface area contributed by atoms with Crippen LogP contribution in [0.25, 0.3) is 0 Å². The first kappa shape index (κ1) is 4.63. The first-order chi connectivity index (χ1) is 3.39. The third kappa shape index (κ3) is 1.19. The highest BCUT2D eigenvalue weighted by Gasteiger charge is 1.94. The smallest absolute Gasteiger partial charge is 0.0162 e. The van der Waals surface area contributed by atoms with Crippen molar-refractivity contribution in [2.24, 2.45) is 5.92 Å². The third-order valence-electron chi connectivity index (χ3n) is 0.911. The summed E-state index contributed by atoms with van der Waals surface area (Å²) in [7, 11) is 0. The molecule has 0 fully saturated rings. The van der Waals surface area contributed by atoms with E-state index in [9.17, 15) is 0 Å². The Hall–Kier alpha value is -0.520. The molecule has 1 aliphatic rings. The van der Waals surface area contributed by atoms with Crippen LogP contribution >= 0.6 is 0 Å². The Labute approximate surface area is 44.5 Å². The predicted octanol–water partition coefficient (Wildman–Crippen LogP) is 1.63. The Morgan fingerprint density at radius 3 is 2.71 bits per heavy atom. The average Bonchev–Trinajstić information content (AvgIpc) is 1.69. The van der Waals surface area contributed by atoms with E-state index < -0.39 is 0 Å². The van der Waals surface area contributed by atoms with Gasteiger partial charge in [-0.25, -0.2) is 0 Å². The minimum atomic E-state index is 0.487. The summed E-state index contributed by atoms with van der Waals surface area (Å²) in [6.07, 6.45) is 11.8. The standard InChI is InChI=1S/C7H7/c1-7-5-3-2-4-6-7/h3-5,7H,1H3. The van der Waals surface area contributed by atoms with Gasteiger partial charge in [-0.2, -0.15) is 0 Å². The molecule has 0 amide bonds. The second kappa shape index (κ2) is 1.97. The molecule has 0 aliphatic heterocycles. The van der Waals surface area contributed by atoms with Gasteiger partial charge in [0.15, 0.2) is 0 Å². The molecule has 0 saturated carbocycles. The van der Waals surface area contributed by atoms with E-state index in [1.54, 1.807) is 0 Å². The molecule has 1 aliphatic carbocycles. The van der Waals surface area contributed by atoms with Gasteiger partial charge in [0.25, 0.3) is 0 Å². The SMILES string of the molecule is CC1[C]C=[C]C=C1. The summed E-state index contributed by atoms with van der Waals surface area (Å²) in [4.78, 5) is 0. The van der Waals surface area contributed by atoms with Crippen molar-refractivity contribution in [1.82, 2.24) is 0 Å². The summed E-state index contributed by atoms with van der Waals surface area (Å²) in [6.45, 7) is 2.09. The molecule has 0 aromatic rings. The number of allylic oxidation sites excluding steroid dienone is 4. The van der Waals surface area contributed by atoms with E-state index in [2.05, 4.69) is 25.5 Å². The van der Waals surface area contributed by atoms with Gasteiger partial charge in [0.1, 0.15) is 0 Å². The molecule has 0 heterocycles. The van der Waals surface area contributed by atoms with Crippen molar-refractivity contribution in [2.75, 3.05) is 0 Å². The van der Waals surface area contributed by atoms with Gasteiger partial charge in [-0.3, -0.25) is 0 Å². The second-order valence-corrected chi connectivity index (χ2v) is 1.63. The maximum absolute atomic E-state index is 3.06. The number of hydrogen-bond donors (Lipinski definition) is 0. The lowest BCUT2D eigenvalue weighted by atomic mass is 10.0. The van der Waals surface area contributed by atoms with Gasteiger partial charge in [-0.05, 0) is 12.0 Å². The molecular formula is C7H7. The topological polar surface area (TPSA) is 0 Å². The summed E-state index contributed by atoms with van der Waals surface area (Å²) >= 11 is 0. The largest absolute Gasteiger partial charge is 0.0802 e. The van der Waals surface area contributed by atoms with Gasteiger partial charge >= 0.3 is 0 Å². The van der Waals surface area contributed by atoms with Crippen molar-refractivity contribution in [2.45, 2.75) is 6.92 Å². The monoisotopic (exact) mass is 91.1 g/mol. The first-order valence-corrected chi connectivity index (χ1v) is 2.40. The minimum Gasteiger partial charge on any atom is -0.0802 e. The Morgan fingerprint density at radius 1 is 1.57 bits per heavy atom. The lowest BCUT2D eigenvalue weighted by Gasteiger charge is -2.00. The van der Waals surface area contributed by atoms with E-state index in [1.165, 1.54) is 0 Å². The van der Waals surface area contributed by atoms with Gasteiger partial charge in [0.05, 0.1) is 0 Å². The highest BCUT2D eigenvalue weighted by atomic mass is 14.0. The second-order valence-electron chi connectivity index (χ2n) is 1.63. The molecule has 1 rings (SSSR count). The van der Waals surface area contributed by atoms with Crippen LogP contribution in [0.1, 0.15) is 6.92 Å². The van der Waals surface area contributed by atoms with Crippen molar-refractivity contribution < 1.29 is 0 Å². The van der Waals surface area contributed by atoms with Crippen LogP contribution in [-0.4, -0.2) is 0 Å². The lowest BCUT2D eigenvalue weighted by Crippen LogP contribution is -1.89. The zero-order valence-electron chi connectivity index (χ0n) is 4.31. The summed E-state index contributed by atoms with van der Waals surface area (Å²) < 4.78 is 0. The quantitative estimate of drug-likeness (QED) is 0.425. The van der Waals surface area contributed by atoms with Crippen LogP contribution in [0.5, 0.6) is 0 Å². The molecule has 0 aromatic heterocycles. The molecule has 35 valence electrons. The van der Waals surface area contributed by atoms with E-state index in [0.717, 1.165) is 0 Å². The van der Waals surface area contributed by atoms with Crippen molar-refractivity contribution in [1.29, 1.82) is 0 Å². The van der Waals surface area contributed by atoms with E-state index in [1.807, 2.05) is 12.2 Å². The molecule has 0 spiro atoms. The molecule has 0 aromatic carbocycles. The number of hydrogen-bond acceptors (Lipinski definition) is 0. The Kier molecular flexibility index (Phi) is 1.30. The first-order valence-electron chi connectivity index (χ1n) is 2.40. The van der Waals surface area contributed by atoms with Crippen molar-refractivity contribution in [3.63, 3.8) is 0 Å². The average molecular weight is 91.1 g/mol. The normalized spacial score (nSPS) is 28.4. The van der Waals surface area contributed by atoms with Crippen LogP contribution in [0.4, 0.5) is 0 Å². The minimum absolute atomic E-state index is 0.487. The van der Waals surface area contributed by atoms with Gasteiger partial charge < -0.3 is 0 Å². The molecule has 0 heteroatoms. The lowest BCUT2D eigenvalue weighted by molar-refractivity contribution is 0.875. The molecule has 0 N–H and O–H groups in total. The van der Waals surface area contributed by atoms with Crippen LogP contribution in [0.2, 0.25) is 0 Å². The molecule has 1 unspecified atom stereocenters. The Bertz CT molecular complexity index is 98.6. The fourth-order valence-corrected chi connectivity index (χ4v) is 0.483. The summed E-state index contributed by atoms with van der Waals surface area (Å²) in [6, 6.07) is 0. The fourth-order valence-electron chi connectivity index (χ4n) is 0.483. The van der Waals surface area contributed by atoms with Crippen LogP contribution in [-0.2, 0) is 0 Å². The van der Waals surface area contributed by atoms with Gasteiger partial charge in [-0.15, -0.1) is 0 Å². The van der Waals surface area contributed by atoms with Crippen molar-refractivity contribution >= 4 is 0 Å². The molecule has 3 radical (unpaired) electrons. The molecule has 0 bridgehead atoms. The van der Waals surface area contributed by atoms with Crippen LogP contribution in [0.3, 0.4) is 0 Å². The maximum Gasteiger partial charge on any atom is 0.0162 e. The Balaban J connectivity index is 2.49. The summed E-state index contributed by atoms with van der Waals surface area (Å²) in [5.74, 6) is 0.487. The summed E-state index contributed by atoms with van der Waals surface area (Å²) in [5.41, 5.74) is 0. The molecule has 7 heavy (non-hydrogen) atoms. The zero-order chi connectivity index (χ0) is 5.11. The molecular weight excluding hydrogens is 84.1 g/mol. The molecule has 1 atom stereocenters. The van der Waals surface area contributed by atoms with Gasteiger partial charge in [0, 0.05) is 6.42 Å². The van der Waals surface area contributed by atoms with Crippen LogP contribution < -0.4 is 0 Å². The predicted molar refractivity (Wildman–Crippen MR) is 29.4 cm³/mol. The van der Waals surface area contributed by atoms with Crippen molar-refractivity contribution in [3.8, 4) is 0 Å². The maximum atomic E-state index is 3.06. The van der Waals surface area contributed by atoms with E-state index in [-0.39, 0.29) is 0 Å². The van der Waals surface area contributed by atoms with E-state index in [4.69, 9.17) is 0 Å². The summed E-state index contributed by atoms with van der Waals surface area (Å²) in [5, 5.41) is 0. The molecule has 0 nitrogen and oxygen atoms in total. The third-order valence-corrected chi connectivity index (χ3v) is 0.911. The van der Waals surface area contributed by atoms with Crippen molar-refractivity contribution in [3.05, 3.63) is 30.7 Å². The van der Waals surface area contributed by atoms with Crippen LogP contribution in [0, 0.1) is 18.4 Å². The van der Waals surface area contributed by atoms with E-state index >= 15 is 0 Å². The fraction of sp³-hybridized carbons (Fsp3) is 0.286. The van der Waals surface area contributed by atoms with E-state index in [0.29, 0.717) is 5.92 Å². The molecule has 0 saturated heterocycles. The Morgan fingerprint density at radius 2 is 2.43 bits per heavy atom. The van der Waals surface area contributed by atoms with Gasteiger partial charge in [-0.1, -0.05) is 25.2 Å². The van der Waals surface area contributed by atoms with Crippen LogP contribution in [0.15, 0.2) is 18.2 Å². The highest BCUT2D eigenvalue weighted by molar-refractivity contribution is 5.12.